The number of likely N-dealkylation sites (N-methyl/N-ethyl adjacent to an activating group) is 1. The number of benzene rings is 2. The molecular weight excluding hydrogens is 466 g/mol. The second-order valence-corrected chi connectivity index (χ2v) is 8.50. The lowest BCUT2D eigenvalue weighted by molar-refractivity contribution is -0.150. The third-order valence-corrected chi connectivity index (χ3v) is 6.03. The Morgan fingerprint density at radius 2 is 2.14 bits per heavy atom. The van der Waals surface area contributed by atoms with Gasteiger partial charge in [0.2, 0.25) is 0 Å². The van der Waals surface area contributed by atoms with Gasteiger partial charge < -0.3 is 35.0 Å². The first-order valence-corrected chi connectivity index (χ1v) is 11.6. The van der Waals surface area contributed by atoms with Gasteiger partial charge in [-0.1, -0.05) is 6.07 Å². The number of amides is 2. The van der Waals surface area contributed by atoms with E-state index in [4.69, 9.17) is 14.9 Å². The summed E-state index contributed by atoms with van der Waals surface area (Å²) < 4.78 is 10.5. The van der Waals surface area contributed by atoms with Gasteiger partial charge in [0, 0.05) is 42.8 Å². The van der Waals surface area contributed by atoms with Gasteiger partial charge >= 0.3 is 5.97 Å². The Labute approximate surface area is 208 Å². The Morgan fingerprint density at radius 3 is 2.92 bits per heavy atom. The largest absolute Gasteiger partial charge is 0.465 e. The minimum atomic E-state index is -1.72. The number of hydrogen-bond acceptors (Lipinski definition) is 8. The molecule has 0 aromatic heterocycles. The maximum atomic E-state index is 13.2. The van der Waals surface area contributed by atoms with Crippen LogP contribution in [0, 0.1) is 5.41 Å². The molecule has 36 heavy (non-hydrogen) atoms. The lowest BCUT2D eigenvalue weighted by Gasteiger charge is -2.34. The lowest BCUT2D eigenvalue weighted by Crippen LogP contribution is -2.55. The summed E-state index contributed by atoms with van der Waals surface area (Å²) in [6.07, 6.45) is -3.09. The second-order valence-electron chi connectivity index (χ2n) is 8.50. The zero-order valence-corrected chi connectivity index (χ0v) is 20.1. The third kappa shape index (κ3) is 5.31. The van der Waals surface area contributed by atoms with Crippen LogP contribution in [0.2, 0.25) is 0 Å². The minimum Gasteiger partial charge on any atom is -0.465 e. The van der Waals surface area contributed by atoms with E-state index in [0.29, 0.717) is 36.0 Å². The van der Waals surface area contributed by atoms with Crippen molar-refractivity contribution in [2.24, 2.45) is 0 Å². The number of amidine groups is 1. The molecule has 2 atom stereocenters. The van der Waals surface area contributed by atoms with Crippen molar-refractivity contribution < 1.29 is 29.0 Å². The van der Waals surface area contributed by atoms with E-state index in [-0.39, 0.29) is 25.7 Å². The van der Waals surface area contributed by atoms with Gasteiger partial charge in [-0.3, -0.25) is 19.8 Å². The van der Waals surface area contributed by atoms with Crippen LogP contribution in [0.5, 0.6) is 0 Å². The van der Waals surface area contributed by atoms with Crippen molar-refractivity contribution in [1.82, 2.24) is 5.32 Å². The van der Waals surface area contributed by atoms with E-state index in [9.17, 15) is 19.5 Å². The van der Waals surface area contributed by atoms with Gasteiger partial charge in [0.25, 0.3) is 11.8 Å². The fourth-order valence-electron chi connectivity index (χ4n) is 4.17. The molecule has 2 aliphatic heterocycles. The summed E-state index contributed by atoms with van der Waals surface area (Å²) in [5.74, 6) is -1.35. The molecule has 4 N–H and O–H groups in total. The van der Waals surface area contributed by atoms with E-state index in [2.05, 4.69) is 10.6 Å². The standard InChI is InChI=1S/C25H29N5O6/c1-3-35-20(31)14-29(2)17-5-4-6-18(12-17)30-9-10-36-22(25(30)34)21(32)24(33)28-16-7-8-19-15(11-16)13-27-23(19)26/h4-8,11-12,21-22,32H,3,9-10,13-14H2,1-2H3,(H2,26,27)(H,28,33)/t21-,22-/m1/s1. The molecule has 190 valence electrons. The predicted molar refractivity (Wildman–Crippen MR) is 133 cm³/mol. The summed E-state index contributed by atoms with van der Waals surface area (Å²) in [7, 11) is 1.74. The van der Waals surface area contributed by atoms with Gasteiger partial charge in [-0.2, -0.15) is 0 Å². The maximum Gasteiger partial charge on any atom is 0.325 e. The smallest absolute Gasteiger partial charge is 0.325 e. The molecule has 11 nitrogen and oxygen atoms in total. The van der Waals surface area contributed by atoms with Crippen LogP contribution in [0.3, 0.4) is 0 Å². The van der Waals surface area contributed by atoms with E-state index < -0.39 is 24.0 Å². The van der Waals surface area contributed by atoms with Gasteiger partial charge in [-0.25, -0.2) is 0 Å². The second kappa shape index (κ2) is 10.8. The molecule has 0 bridgehead atoms. The Bertz CT molecular complexity index is 1190. The number of aliphatic hydroxyl groups is 1. The molecule has 2 amide bonds. The van der Waals surface area contributed by atoms with Crippen LogP contribution < -0.4 is 20.4 Å². The number of esters is 1. The summed E-state index contributed by atoms with van der Waals surface area (Å²) >= 11 is 0. The van der Waals surface area contributed by atoms with Crippen LogP contribution in [0.4, 0.5) is 17.1 Å². The quantitative estimate of drug-likeness (QED) is 0.395. The summed E-state index contributed by atoms with van der Waals surface area (Å²) in [6, 6.07) is 12.1. The van der Waals surface area contributed by atoms with E-state index in [1.165, 1.54) is 4.90 Å². The van der Waals surface area contributed by atoms with Crippen molar-refractivity contribution in [2.75, 3.05) is 48.5 Å². The van der Waals surface area contributed by atoms with Gasteiger partial charge in [-0.15, -0.1) is 0 Å². The first-order valence-electron chi connectivity index (χ1n) is 11.6. The molecule has 1 saturated heterocycles. The molecular formula is C25H29N5O6. The molecule has 4 rings (SSSR count). The van der Waals surface area contributed by atoms with Gasteiger partial charge in [0.1, 0.15) is 12.4 Å². The highest BCUT2D eigenvalue weighted by Gasteiger charge is 2.39. The number of rotatable bonds is 8. The first kappa shape index (κ1) is 25.1. The third-order valence-electron chi connectivity index (χ3n) is 6.03. The van der Waals surface area contributed by atoms with Crippen molar-refractivity contribution in [1.29, 1.82) is 5.41 Å². The fraction of sp³-hybridized carbons (Fsp3) is 0.360. The van der Waals surface area contributed by atoms with Crippen LogP contribution in [0.15, 0.2) is 42.5 Å². The highest BCUT2D eigenvalue weighted by Crippen LogP contribution is 2.26. The van der Waals surface area contributed by atoms with Gasteiger partial charge in [0.05, 0.1) is 13.2 Å². The number of fused-ring (bicyclic) bond motifs is 1. The molecule has 0 radical (unpaired) electrons. The molecule has 0 spiro atoms. The highest BCUT2D eigenvalue weighted by molar-refractivity contribution is 6.05. The topological polar surface area (TPSA) is 144 Å². The molecule has 11 heteroatoms. The summed E-state index contributed by atoms with van der Waals surface area (Å²) in [6.45, 7) is 2.95. The van der Waals surface area contributed by atoms with Crippen LogP contribution in [-0.4, -0.2) is 74.3 Å². The van der Waals surface area contributed by atoms with Crippen molar-refractivity contribution in [2.45, 2.75) is 25.7 Å². The number of ether oxygens (including phenoxy) is 2. The predicted octanol–water partition coefficient (Wildman–Crippen LogP) is 0.846. The number of anilines is 3. The molecule has 2 aromatic rings. The molecule has 2 aliphatic rings. The normalized spacial score (nSPS) is 17.8. The number of carbonyl (C=O) groups is 3. The van der Waals surface area contributed by atoms with Gasteiger partial charge in [-0.05, 0) is 48.9 Å². The fourth-order valence-corrected chi connectivity index (χ4v) is 4.17. The minimum absolute atomic E-state index is 0.0513. The van der Waals surface area contributed by atoms with Crippen LogP contribution in [0.1, 0.15) is 18.1 Å². The monoisotopic (exact) mass is 495 g/mol. The molecule has 1 fully saturated rings. The number of aliphatic hydroxyl groups excluding tert-OH is 1. The summed E-state index contributed by atoms with van der Waals surface area (Å²) in [5, 5.41) is 24.0. The first-order chi connectivity index (χ1) is 17.3. The Hall–Kier alpha value is -3.96. The van der Waals surface area contributed by atoms with Crippen molar-refractivity contribution in [3.05, 3.63) is 53.6 Å². The SMILES string of the molecule is CCOC(=O)CN(C)c1cccc(N2CCO[C@H]([C@@H](O)C(=O)Nc3ccc4c(c3)CNC4=N)C2=O)c1. The molecule has 2 heterocycles. The number of carbonyl (C=O) groups excluding carboxylic acids is 3. The van der Waals surface area contributed by atoms with Crippen LogP contribution in [0.25, 0.3) is 0 Å². The number of hydrogen-bond donors (Lipinski definition) is 4. The van der Waals surface area contributed by atoms with Crippen molar-refractivity contribution in [3.8, 4) is 0 Å². The maximum absolute atomic E-state index is 13.2. The molecule has 0 unspecified atom stereocenters. The van der Waals surface area contributed by atoms with Crippen LogP contribution in [-0.2, 0) is 30.4 Å². The van der Waals surface area contributed by atoms with E-state index >= 15 is 0 Å². The zero-order chi connectivity index (χ0) is 25.8. The van der Waals surface area contributed by atoms with Crippen molar-refractivity contribution in [3.63, 3.8) is 0 Å². The van der Waals surface area contributed by atoms with E-state index in [0.717, 1.165) is 11.1 Å². The zero-order valence-electron chi connectivity index (χ0n) is 20.1. The Morgan fingerprint density at radius 1 is 1.33 bits per heavy atom. The average Bonchev–Trinajstić information content (AvgIpc) is 3.23. The molecule has 0 saturated carbocycles. The molecule has 0 aliphatic carbocycles. The average molecular weight is 496 g/mol. The van der Waals surface area contributed by atoms with E-state index in [1.807, 2.05) is 0 Å². The number of morpholine rings is 1. The Balaban J connectivity index is 1.43. The van der Waals surface area contributed by atoms with Crippen molar-refractivity contribution >= 4 is 40.7 Å². The number of nitrogens with one attached hydrogen (secondary N) is 3. The van der Waals surface area contributed by atoms with Crippen LogP contribution >= 0.6 is 0 Å². The highest BCUT2D eigenvalue weighted by atomic mass is 16.5. The lowest BCUT2D eigenvalue weighted by atomic mass is 10.1. The summed E-state index contributed by atoms with van der Waals surface area (Å²) in [5.41, 5.74) is 3.32. The summed E-state index contributed by atoms with van der Waals surface area (Å²) in [4.78, 5) is 40.9. The van der Waals surface area contributed by atoms with E-state index in [1.54, 1.807) is 61.3 Å². The number of nitrogens with zero attached hydrogens (tertiary/aromatic N) is 2. The Kier molecular flexibility index (Phi) is 7.51. The van der Waals surface area contributed by atoms with Gasteiger partial charge in [0.15, 0.2) is 12.2 Å². The molecule has 2 aromatic carbocycles.